The summed E-state index contributed by atoms with van der Waals surface area (Å²) in [6, 6.07) is 4.67. The Morgan fingerprint density at radius 3 is 3.18 bits per heavy atom. The molecule has 0 aliphatic carbocycles. The van der Waals surface area contributed by atoms with Crippen molar-refractivity contribution in [3.63, 3.8) is 0 Å². The molecule has 2 saturated heterocycles. The Hall–Kier alpha value is -1.69. The summed E-state index contributed by atoms with van der Waals surface area (Å²) in [5.41, 5.74) is 0. The van der Waals surface area contributed by atoms with Crippen LogP contribution in [-0.4, -0.2) is 47.8 Å². The fraction of sp³-hybridized carbons (Fsp3) is 0.688. The second kappa shape index (κ2) is 7.05. The van der Waals surface area contributed by atoms with Crippen molar-refractivity contribution >= 4 is 11.7 Å². The zero-order valence-electron chi connectivity index (χ0n) is 13.2. The molecule has 1 amide bonds. The van der Waals surface area contributed by atoms with Crippen LogP contribution in [0.25, 0.3) is 0 Å². The van der Waals surface area contributed by atoms with Crippen molar-refractivity contribution in [1.29, 1.82) is 0 Å². The van der Waals surface area contributed by atoms with Crippen LogP contribution < -0.4 is 15.5 Å². The molecule has 2 aliphatic rings. The molecule has 0 bridgehead atoms. The number of rotatable bonds is 4. The van der Waals surface area contributed by atoms with E-state index >= 15 is 0 Å². The quantitative estimate of drug-likeness (QED) is 0.866. The molecule has 6 heteroatoms. The molecule has 1 aromatic heterocycles. The summed E-state index contributed by atoms with van der Waals surface area (Å²) in [4.78, 5) is 14.6. The maximum atomic E-state index is 12.4. The Bertz CT molecular complexity index is 495. The van der Waals surface area contributed by atoms with Crippen LogP contribution in [0.3, 0.4) is 0 Å². The summed E-state index contributed by atoms with van der Waals surface area (Å²) >= 11 is 0. The molecular weight excluding hydrogens is 278 g/mol. The van der Waals surface area contributed by atoms with Gasteiger partial charge in [0.15, 0.2) is 5.82 Å². The molecule has 22 heavy (non-hydrogen) atoms. The van der Waals surface area contributed by atoms with E-state index in [1.807, 2.05) is 12.1 Å². The average molecular weight is 303 g/mol. The molecule has 2 N–H and O–H groups in total. The van der Waals surface area contributed by atoms with Gasteiger partial charge in [0.05, 0.1) is 0 Å². The van der Waals surface area contributed by atoms with E-state index in [1.54, 1.807) is 6.20 Å². The molecule has 2 aliphatic heterocycles. The van der Waals surface area contributed by atoms with Gasteiger partial charge in [-0.1, -0.05) is 0 Å². The monoisotopic (exact) mass is 303 g/mol. The number of anilines is 1. The molecule has 0 radical (unpaired) electrons. The van der Waals surface area contributed by atoms with Crippen LogP contribution in [0, 0.1) is 5.92 Å². The summed E-state index contributed by atoms with van der Waals surface area (Å²) in [5, 5.41) is 14.7. The fourth-order valence-electron chi connectivity index (χ4n) is 3.53. The van der Waals surface area contributed by atoms with Crippen molar-refractivity contribution in [2.75, 3.05) is 24.5 Å². The highest BCUT2D eigenvalue weighted by Gasteiger charge is 2.28. The minimum Gasteiger partial charge on any atom is -0.354 e. The van der Waals surface area contributed by atoms with Crippen molar-refractivity contribution in [3.8, 4) is 0 Å². The molecule has 0 saturated carbocycles. The minimum absolute atomic E-state index is 0.155. The van der Waals surface area contributed by atoms with E-state index in [2.05, 4.69) is 32.7 Å². The third-order valence-electron chi connectivity index (χ3n) is 4.74. The van der Waals surface area contributed by atoms with Crippen molar-refractivity contribution in [1.82, 2.24) is 20.8 Å². The number of aromatic nitrogens is 2. The molecule has 120 valence electrons. The highest BCUT2D eigenvalue weighted by molar-refractivity contribution is 5.78. The van der Waals surface area contributed by atoms with Gasteiger partial charge >= 0.3 is 0 Å². The number of carbonyl (C=O) groups excluding carboxylic acids is 1. The van der Waals surface area contributed by atoms with Gasteiger partial charge in [-0.15, -0.1) is 5.10 Å². The largest absolute Gasteiger partial charge is 0.354 e. The molecule has 1 aromatic rings. The Balaban J connectivity index is 1.53. The molecule has 3 rings (SSSR count). The van der Waals surface area contributed by atoms with Crippen molar-refractivity contribution in [3.05, 3.63) is 18.3 Å². The van der Waals surface area contributed by atoms with Gasteiger partial charge < -0.3 is 15.5 Å². The second-order valence-corrected chi connectivity index (χ2v) is 6.39. The number of hydrogen-bond acceptors (Lipinski definition) is 5. The van der Waals surface area contributed by atoms with Crippen LogP contribution >= 0.6 is 0 Å². The van der Waals surface area contributed by atoms with Gasteiger partial charge in [-0.05, 0) is 51.3 Å². The Labute approximate surface area is 131 Å². The first-order valence-electron chi connectivity index (χ1n) is 8.29. The molecule has 1 unspecified atom stereocenters. The molecule has 0 aromatic carbocycles. The SMILES string of the molecule is C[C@H]1C[C@@H](C(=O)NCC2CCCN2c2cccnn2)CCN1. The number of piperidine rings is 1. The third kappa shape index (κ3) is 3.55. The first kappa shape index (κ1) is 15.2. The zero-order valence-corrected chi connectivity index (χ0v) is 13.2. The molecule has 6 nitrogen and oxygen atoms in total. The lowest BCUT2D eigenvalue weighted by Crippen LogP contribution is -2.46. The predicted octanol–water partition coefficient (Wildman–Crippen LogP) is 0.950. The highest BCUT2D eigenvalue weighted by atomic mass is 16.1. The van der Waals surface area contributed by atoms with E-state index < -0.39 is 0 Å². The maximum Gasteiger partial charge on any atom is 0.223 e. The van der Waals surface area contributed by atoms with E-state index in [1.165, 1.54) is 0 Å². The van der Waals surface area contributed by atoms with E-state index in [9.17, 15) is 4.79 Å². The van der Waals surface area contributed by atoms with Crippen LogP contribution in [0.15, 0.2) is 18.3 Å². The Morgan fingerprint density at radius 2 is 2.41 bits per heavy atom. The first-order valence-corrected chi connectivity index (χ1v) is 8.29. The standard InChI is InChI=1S/C16H25N5O/c1-12-10-13(6-8-17-12)16(22)18-11-14-4-3-9-21(14)15-5-2-7-19-20-15/h2,5,7,12-14,17H,3-4,6,8-11H2,1H3,(H,18,22)/t12-,13-,14?/m0/s1. The number of hydrogen-bond donors (Lipinski definition) is 2. The van der Waals surface area contributed by atoms with Gasteiger partial charge in [0.2, 0.25) is 5.91 Å². The molecule has 0 spiro atoms. The van der Waals surface area contributed by atoms with E-state index in [0.717, 1.165) is 44.6 Å². The van der Waals surface area contributed by atoms with Crippen LogP contribution in [0.5, 0.6) is 0 Å². The van der Waals surface area contributed by atoms with Crippen molar-refractivity contribution in [2.45, 2.75) is 44.7 Å². The van der Waals surface area contributed by atoms with Gasteiger partial charge in [0, 0.05) is 37.3 Å². The lowest BCUT2D eigenvalue weighted by molar-refractivity contribution is -0.126. The number of nitrogens with one attached hydrogen (secondary N) is 2. The van der Waals surface area contributed by atoms with Gasteiger partial charge in [-0.2, -0.15) is 5.10 Å². The summed E-state index contributed by atoms with van der Waals surface area (Å²) in [5.74, 6) is 1.27. The lowest BCUT2D eigenvalue weighted by Gasteiger charge is -2.29. The highest BCUT2D eigenvalue weighted by Crippen LogP contribution is 2.23. The first-order chi connectivity index (χ1) is 10.7. The van der Waals surface area contributed by atoms with E-state index in [0.29, 0.717) is 18.6 Å². The summed E-state index contributed by atoms with van der Waals surface area (Å²) in [6.45, 7) is 4.78. The normalized spacial score (nSPS) is 28.6. The minimum atomic E-state index is 0.155. The average Bonchev–Trinajstić information content (AvgIpc) is 3.02. The Kier molecular flexibility index (Phi) is 4.87. The smallest absolute Gasteiger partial charge is 0.223 e. The van der Waals surface area contributed by atoms with Crippen LogP contribution in [0.4, 0.5) is 5.82 Å². The van der Waals surface area contributed by atoms with Gasteiger partial charge in [0.1, 0.15) is 0 Å². The Morgan fingerprint density at radius 1 is 1.50 bits per heavy atom. The third-order valence-corrected chi connectivity index (χ3v) is 4.74. The van der Waals surface area contributed by atoms with Crippen LogP contribution in [0.2, 0.25) is 0 Å². The molecule has 2 fully saturated rings. The maximum absolute atomic E-state index is 12.4. The van der Waals surface area contributed by atoms with Gasteiger partial charge in [-0.25, -0.2) is 0 Å². The lowest BCUT2D eigenvalue weighted by atomic mass is 9.92. The molecular formula is C16H25N5O. The molecule has 3 atom stereocenters. The number of nitrogens with zero attached hydrogens (tertiary/aromatic N) is 3. The van der Waals surface area contributed by atoms with E-state index in [4.69, 9.17) is 0 Å². The summed E-state index contributed by atoms with van der Waals surface area (Å²) < 4.78 is 0. The second-order valence-electron chi connectivity index (χ2n) is 6.39. The fourth-order valence-corrected chi connectivity index (χ4v) is 3.53. The van der Waals surface area contributed by atoms with Crippen LogP contribution in [0.1, 0.15) is 32.6 Å². The van der Waals surface area contributed by atoms with Crippen molar-refractivity contribution in [2.24, 2.45) is 5.92 Å². The number of carbonyl (C=O) groups is 1. The zero-order chi connectivity index (χ0) is 15.4. The van der Waals surface area contributed by atoms with Crippen LogP contribution in [-0.2, 0) is 4.79 Å². The van der Waals surface area contributed by atoms with Gasteiger partial charge in [0.25, 0.3) is 0 Å². The van der Waals surface area contributed by atoms with Gasteiger partial charge in [-0.3, -0.25) is 4.79 Å². The summed E-state index contributed by atoms with van der Waals surface area (Å²) in [7, 11) is 0. The van der Waals surface area contributed by atoms with E-state index in [-0.39, 0.29) is 11.8 Å². The topological polar surface area (TPSA) is 70.2 Å². The summed E-state index contributed by atoms with van der Waals surface area (Å²) in [6.07, 6.45) is 5.80. The number of amides is 1. The predicted molar refractivity (Wildman–Crippen MR) is 85.6 cm³/mol. The molecule has 3 heterocycles. The van der Waals surface area contributed by atoms with Crippen molar-refractivity contribution < 1.29 is 4.79 Å².